The molecule has 20 heavy (non-hydrogen) atoms. The van der Waals surface area contributed by atoms with E-state index >= 15 is 0 Å². The summed E-state index contributed by atoms with van der Waals surface area (Å²) in [6.45, 7) is 5.81. The summed E-state index contributed by atoms with van der Waals surface area (Å²) >= 11 is 6.02. The number of nitrogens with zero attached hydrogens (tertiary/aromatic N) is 3. The summed E-state index contributed by atoms with van der Waals surface area (Å²) < 4.78 is 0. The largest absolute Gasteiger partial charge is 0.328 e. The van der Waals surface area contributed by atoms with Crippen molar-refractivity contribution in [1.82, 2.24) is 9.97 Å². The first-order valence-corrected chi connectivity index (χ1v) is 6.62. The average Bonchev–Trinajstić information content (AvgIpc) is 2.37. The SMILES string of the molecule is Cc1ccc(N(C)c2nc(C)nc(Cl)c2C=O)c(C)c1. The van der Waals surface area contributed by atoms with Gasteiger partial charge in [-0.2, -0.15) is 0 Å². The van der Waals surface area contributed by atoms with Crippen LogP contribution in [0.5, 0.6) is 0 Å². The molecule has 0 unspecified atom stereocenters. The molecule has 0 saturated carbocycles. The summed E-state index contributed by atoms with van der Waals surface area (Å²) in [5.41, 5.74) is 3.58. The number of hydrogen-bond acceptors (Lipinski definition) is 4. The topological polar surface area (TPSA) is 46.1 Å². The van der Waals surface area contributed by atoms with Gasteiger partial charge in [-0.3, -0.25) is 4.79 Å². The number of anilines is 2. The fourth-order valence-electron chi connectivity index (χ4n) is 2.19. The first-order valence-electron chi connectivity index (χ1n) is 6.24. The van der Waals surface area contributed by atoms with Crippen molar-refractivity contribution in [3.05, 3.63) is 45.9 Å². The van der Waals surface area contributed by atoms with Crippen LogP contribution in [0.2, 0.25) is 5.15 Å². The van der Waals surface area contributed by atoms with Gasteiger partial charge < -0.3 is 4.90 Å². The number of hydrogen-bond donors (Lipinski definition) is 0. The summed E-state index contributed by atoms with van der Waals surface area (Å²) in [4.78, 5) is 21.5. The minimum Gasteiger partial charge on any atom is -0.328 e. The van der Waals surface area contributed by atoms with Crippen LogP contribution in [0.3, 0.4) is 0 Å². The number of aromatic nitrogens is 2. The maximum Gasteiger partial charge on any atom is 0.156 e. The zero-order valence-electron chi connectivity index (χ0n) is 11.9. The van der Waals surface area contributed by atoms with Crippen LogP contribution in [-0.4, -0.2) is 23.3 Å². The van der Waals surface area contributed by atoms with Crippen molar-refractivity contribution in [3.8, 4) is 0 Å². The fraction of sp³-hybridized carbons (Fsp3) is 0.267. The molecule has 0 aliphatic heterocycles. The highest BCUT2D eigenvalue weighted by atomic mass is 35.5. The maximum atomic E-state index is 11.2. The highest BCUT2D eigenvalue weighted by Crippen LogP contribution is 2.30. The van der Waals surface area contributed by atoms with E-state index in [0.29, 0.717) is 23.5 Å². The lowest BCUT2D eigenvalue weighted by molar-refractivity contribution is 0.112. The highest BCUT2D eigenvalue weighted by molar-refractivity contribution is 6.32. The Morgan fingerprint density at radius 3 is 2.50 bits per heavy atom. The summed E-state index contributed by atoms with van der Waals surface area (Å²) in [5, 5.41) is 0.180. The van der Waals surface area contributed by atoms with Crippen molar-refractivity contribution in [2.75, 3.05) is 11.9 Å². The van der Waals surface area contributed by atoms with Crippen molar-refractivity contribution in [1.29, 1.82) is 0 Å². The van der Waals surface area contributed by atoms with E-state index < -0.39 is 0 Å². The minimum atomic E-state index is 0.180. The van der Waals surface area contributed by atoms with Crippen LogP contribution in [0.15, 0.2) is 18.2 Å². The third-order valence-corrected chi connectivity index (χ3v) is 3.43. The van der Waals surface area contributed by atoms with Crippen LogP contribution >= 0.6 is 11.6 Å². The quantitative estimate of drug-likeness (QED) is 0.639. The molecule has 1 aromatic carbocycles. The number of rotatable bonds is 3. The van der Waals surface area contributed by atoms with Gasteiger partial charge in [-0.1, -0.05) is 29.3 Å². The van der Waals surface area contributed by atoms with Gasteiger partial charge in [0.25, 0.3) is 0 Å². The molecule has 0 saturated heterocycles. The summed E-state index contributed by atoms with van der Waals surface area (Å²) in [5.74, 6) is 1.05. The molecule has 0 aliphatic rings. The second-order valence-electron chi connectivity index (χ2n) is 4.77. The number of halogens is 1. The molecule has 2 rings (SSSR count). The second-order valence-corrected chi connectivity index (χ2v) is 5.12. The maximum absolute atomic E-state index is 11.2. The number of aryl methyl sites for hydroxylation is 3. The molecular weight excluding hydrogens is 274 g/mol. The van der Waals surface area contributed by atoms with Crippen LogP contribution in [0.25, 0.3) is 0 Å². The molecule has 0 fully saturated rings. The van der Waals surface area contributed by atoms with Gasteiger partial charge in [0.05, 0.1) is 5.56 Å². The lowest BCUT2D eigenvalue weighted by Crippen LogP contribution is -2.16. The van der Waals surface area contributed by atoms with Crippen molar-refractivity contribution < 1.29 is 4.79 Å². The Hall–Kier alpha value is -1.94. The van der Waals surface area contributed by atoms with Crippen LogP contribution in [0.4, 0.5) is 11.5 Å². The highest BCUT2D eigenvalue weighted by Gasteiger charge is 2.17. The second kappa shape index (κ2) is 5.59. The zero-order chi connectivity index (χ0) is 14.9. The van der Waals surface area contributed by atoms with E-state index in [4.69, 9.17) is 11.6 Å². The van der Waals surface area contributed by atoms with Gasteiger partial charge in [0.15, 0.2) is 6.29 Å². The Labute approximate surface area is 123 Å². The van der Waals surface area contributed by atoms with Crippen molar-refractivity contribution >= 4 is 29.4 Å². The van der Waals surface area contributed by atoms with Crippen molar-refractivity contribution in [2.24, 2.45) is 0 Å². The van der Waals surface area contributed by atoms with Gasteiger partial charge in [0.2, 0.25) is 0 Å². The van der Waals surface area contributed by atoms with Gasteiger partial charge in [-0.05, 0) is 32.4 Å². The molecule has 1 heterocycles. The van der Waals surface area contributed by atoms with E-state index in [-0.39, 0.29) is 5.15 Å². The summed E-state index contributed by atoms with van der Waals surface area (Å²) in [7, 11) is 1.86. The van der Waals surface area contributed by atoms with E-state index in [1.807, 2.05) is 37.9 Å². The third kappa shape index (κ3) is 2.65. The molecule has 104 valence electrons. The van der Waals surface area contributed by atoms with Gasteiger partial charge in [0.1, 0.15) is 16.8 Å². The van der Waals surface area contributed by atoms with Crippen LogP contribution in [0, 0.1) is 20.8 Å². The molecule has 4 nitrogen and oxygen atoms in total. The first kappa shape index (κ1) is 14.5. The zero-order valence-corrected chi connectivity index (χ0v) is 12.7. The Balaban J connectivity index is 2.58. The lowest BCUT2D eigenvalue weighted by Gasteiger charge is -2.22. The van der Waals surface area contributed by atoms with E-state index in [1.54, 1.807) is 6.92 Å². The average molecular weight is 290 g/mol. The molecular formula is C15H16ClN3O. The molecule has 0 atom stereocenters. The monoisotopic (exact) mass is 289 g/mol. The molecule has 0 radical (unpaired) electrons. The van der Waals surface area contributed by atoms with Gasteiger partial charge in [-0.15, -0.1) is 0 Å². The van der Waals surface area contributed by atoms with E-state index in [9.17, 15) is 4.79 Å². The third-order valence-electron chi connectivity index (χ3n) is 3.14. The molecule has 1 aromatic heterocycles. The Morgan fingerprint density at radius 1 is 1.20 bits per heavy atom. The Bertz CT molecular complexity index is 670. The predicted molar refractivity (Wildman–Crippen MR) is 81.1 cm³/mol. The Kier molecular flexibility index (Phi) is 4.04. The van der Waals surface area contributed by atoms with E-state index in [0.717, 1.165) is 11.3 Å². The fourth-order valence-corrected chi connectivity index (χ4v) is 2.44. The Morgan fingerprint density at radius 2 is 1.90 bits per heavy atom. The first-order chi connectivity index (χ1) is 9.43. The summed E-state index contributed by atoms with van der Waals surface area (Å²) in [6.07, 6.45) is 0.692. The smallest absolute Gasteiger partial charge is 0.156 e. The molecule has 5 heteroatoms. The summed E-state index contributed by atoms with van der Waals surface area (Å²) in [6, 6.07) is 6.11. The number of aldehydes is 1. The van der Waals surface area contributed by atoms with Gasteiger partial charge >= 0.3 is 0 Å². The molecule has 2 aromatic rings. The van der Waals surface area contributed by atoms with Gasteiger partial charge in [0, 0.05) is 12.7 Å². The normalized spacial score (nSPS) is 10.4. The van der Waals surface area contributed by atoms with Crippen molar-refractivity contribution in [2.45, 2.75) is 20.8 Å². The van der Waals surface area contributed by atoms with Crippen LogP contribution in [0.1, 0.15) is 27.3 Å². The van der Waals surface area contributed by atoms with Crippen LogP contribution in [-0.2, 0) is 0 Å². The molecule has 0 spiro atoms. The number of benzene rings is 1. The predicted octanol–water partition coefficient (Wildman–Crippen LogP) is 3.64. The van der Waals surface area contributed by atoms with Gasteiger partial charge in [-0.25, -0.2) is 9.97 Å². The molecule has 0 N–H and O–H groups in total. The molecule has 0 amide bonds. The number of carbonyl (C=O) groups is 1. The van der Waals surface area contributed by atoms with Crippen molar-refractivity contribution in [3.63, 3.8) is 0 Å². The minimum absolute atomic E-state index is 0.180. The molecule has 0 bridgehead atoms. The van der Waals surface area contributed by atoms with E-state index in [1.165, 1.54) is 5.56 Å². The molecule has 0 aliphatic carbocycles. The lowest BCUT2D eigenvalue weighted by atomic mass is 10.1. The van der Waals surface area contributed by atoms with E-state index in [2.05, 4.69) is 16.0 Å². The standard InChI is InChI=1S/C15H16ClN3O/c1-9-5-6-13(10(2)7-9)19(4)15-12(8-20)14(16)17-11(3)18-15/h5-8H,1-4H3. The van der Waals surface area contributed by atoms with Crippen LogP contribution < -0.4 is 4.90 Å². The number of carbonyl (C=O) groups excluding carboxylic acids is 1.